The van der Waals surface area contributed by atoms with Gasteiger partial charge in [0.1, 0.15) is 18.1 Å². The van der Waals surface area contributed by atoms with Gasteiger partial charge in [0.15, 0.2) is 5.54 Å². The predicted octanol–water partition coefficient (Wildman–Crippen LogP) is 3.06. The number of aliphatic hydroxyl groups excluding tert-OH is 1. The molecule has 1 atom stereocenters. The lowest BCUT2D eigenvalue weighted by Crippen LogP contribution is -2.51. The Hall–Kier alpha value is -3.91. The molecule has 8 heteroatoms. The number of Topliss-reactive ketones (excluding diaryl/α,β-unsaturated/α-hetero) is 1. The summed E-state index contributed by atoms with van der Waals surface area (Å²) in [5, 5.41) is 11.5. The number of rotatable bonds is 8. The number of likely N-dealkylation sites (N-methyl/N-ethyl adjacent to an activating group) is 1. The lowest BCUT2D eigenvalue weighted by atomic mass is 9.81. The third-order valence-corrected chi connectivity index (χ3v) is 6.73. The summed E-state index contributed by atoms with van der Waals surface area (Å²) < 4.78 is 5.63. The highest BCUT2D eigenvalue weighted by atomic mass is 16.5. The second kappa shape index (κ2) is 9.62. The maximum atomic E-state index is 14.0. The summed E-state index contributed by atoms with van der Waals surface area (Å²) in [5.41, 5.74) is 0.206. The summed E-state index contributed by atoms with van der Waals surface area (Å²) in [6.45, 7) is 6.62. The molecule has 2 aliphatic rings. The average Bonchev–Trinajstić information content (AvgIpc) is 3.21. The third-order valence-electron chi connectivity index (χ3n) is 6.73. The van der Waals surface area contributed by atoms with Gasteiger partial charge in [0, 0.05) is 30.4 Å². The summed E-state index contributed by atoms with van der Waals surface area (Å²) in [5.74, 6) is -1.90. The predicted molar refractivity (Wildman–Crippen MR) is 138 cm³/mol. The van der Waals surface area contributed by atoms with E-state index in [1.54, 1.807) is 55.6 Å². The molecule has 2 aromatic rings. The first kappa shape index (κ1) is 25.2. The molecule has 2 aromatic carbocycles. The number of carbonyl (C=O) groups excluding carboxylic acids is 3. The molecule has 0 radical (unpaired) electrons. The third kappa shape index (κ3) is 3.78. The van der Waals surface area contributed by atoms with E-state index in [2.05, 4.69) is 6.58 Å². The number of aryl methyl sites for hydroxylation is 1. The molecule has 1 N–H and O–H groups in total. The van der Waals surface area contributed by atoms with Crippen LogP contribution >= 0.6 is 0 Å². The van der Waals surface area contributed by atoms with Gasteiger partial charge in [-0.1, -0.05) is 30.9 Å². The van der Waals surface area contributed by atoms with Crippen LogP contribution in [-0.4, -0.2) is 73.3 Å². The molecule has 0 bridgehead atoms. The molecule has 2 aliphatic heterocycles. The van der Waals surface area contributed by atoms with Crippen LogP contribution in [0.25, 0.3) is 5.76 Å². The quantitative estimate of drug-likeness (QED) is 0.265. The summed E-state index contributed by atoms with van der Waals surface area (Å²) in [6.07, 6.45) is 2.18. The fourth-order valence-electron chi connectivity index (χ4n) is 5.07. The van der Waals surface area contributed by atoms with Crippen LogP contribution in [0.2, 0.25) is 0 Å². The number of hydrogen-bond donors (Lipinski definition) is 1. The smallest absolute Gasteiger partial charge is 0.296 e. The first-order valence-corrected chi connectivity index (χ1v) is 11.8. The second-order valence-electron chi connectivity index (χ2n) is 9.34. The molecule has 2 heterocycles. The van der Waals surface area contributed by atoms with Crippen molar-refractivity contribution in [1.29, 1.82) is 0 Å². The van der Waals surface area contributed by atoms with Gasteiger partial charge in [-0.15, -0.1) is 0 Å². The van der Waals surface area contributed by atoms with Gasteiger partial charge in [-0.2, -0.15) is 0 Å². The van der Waals surface area contributed by atoms with E-state index in [4.69, 9.17) is 4.74 Å². The summed E-state index contributed by atoms with van der Waals surface area (Å²) in [6, 6.07) is 12.1. The Kier molecular flexibility index (Phi) is 6.73. The largest absolute Gasteiger partial charge is 0.507 e. The lowest BCUT2D eigenvalue weighted by Gasteiger charge is -2.34. The monoisotopic (exact) mass is 489 g/mol. The number of aliphatic hydroxyl groups is 1. The standard InChI is InChI=1S/C28H31N3O5/c1-6-16-36-22-13-12-19(17-18(22)2)24(32)23-25(33)26(34)31(15-9-14-29(3)4)28(23)20-10-7-8-11-21(20)30(5)27(28)35/h6-8,10-13,17,32H,1,9,14-16H2,2-5H3/b24-23-. The molecule has 1 saturated heterocycles. The van der Waals surface area contributed by atoms with Crippen molar-refractivity contribution in [3.8, 4) is 5.75 Å². The van der Waals surface area contributed by atoms with Crippen molar-refractivity contribution >= 4 is 29.0 Å². The molecule has 0 aliphatic carbocycles. The van der Waals surface area contributed by atoms with Crippen LogP contribution in [0.1, 0.15) is 23.1 Å². The van der Waals surface area contributed by atoms with Gasteiger partial charge in [-0.25, -0.2) is 0 Å². The van der Waals surface area contributed by atoms with Crippen molar-refractivity contribution in [2.24, 2.45) is 0 Å². The number of ether oxygens (including phenoxy) is 1. The fourth-order valence-corrected chi connectivity index (χ4v) is 5.07. The number of nitrogens with zero attached hydrogens (tertiary/aromatic N) is 3. The molecule has 36 heavy (non-hydrogen) atoms. The summed E-state index contributed by atoms with van der Waals surface area (Å²) >= 11 is 0. The number of benzene rings is 2. The van der Waals surface area contributed by atoms with Gasteiger partial charge in [0.2, 0.25) is 0 Å². The number of ketones is 1. The highest BCUT2D eigenvalue weighted by Gasteiger charge is 2.66. The zero-order valence-electron chi connectivity index (χ0n) is 21.1. The zero-order valence-corrected chi connectivity index (χ0v) is 21.1. The number of likely N-dealkylation sites (tertiary alicyclic amines) is 1. The van der Waals surface area contributed by atoms with E-state index in [9.17, 15) is 19.5 Å². The van der Waals surface area contributed by atoms with Crippen LogP contribution in [0.3, 0.4) is 0 Å². The van der Waals surface area contributed by atoms with Gasteiger partial charge in [0.05, 0.1) is 5.57 Å². The zero-order chi connectivity index (χ0) is 26.2. The second-order valence-corrected chi connectivity index (χ2v) is 9.34. The lowest BCUT2D eigenvalue weighted by molar-refractivity contribution is -0.143. The van der Waals surface area contributed by atoms with Crippen molar-refractivity contribution < 1.29 is 24.2 Å². The van der Waals surface area contributed by atoms with Crippen molar-refractivity contribution in [3.63, 3.8) is 0 Å². The summed E-state index contributed by atoms with van der Waals surface area (Å²) in [4.78, 5) is 45.6. The molecule has 8 nitrogen and oxygen atoms in total. The molecule has 188 valence electrons. The number of para-hydroxylation sites is 1. The number of carbonyl (C=O) groups is 3. The SMILES string of the molecule is C=CCOc1ccc(/C(O)=C2\C(=O)C(=O)N(CCCN(C)C)C23C(=O)N(C)c2ccccc23)cc1C. The molecule has 2 amide bonds. The van der Waals surface area contributed by atoms with Gasteiger partial charge in [0.25, 0.3) is 17.6 Å². The molecule has 1 unspecified atom stereocenters. The minimum atomic E-state index is -1.73. The van der Waals surface area contributed by atoms with E-state index in [-0.39, 0.29) is 17.9 Å². The molecule has 1 fully saturated rings. The van der Waals surface area contributed by atoms with Gasteiger partial charge >= 0.3 is 0 Å². The van der Waals surface area contributed by atoms with E-state index in [1.807, 2.05) is 25.9 Å². The van der Waals surface area contributed by atoms with Crippen molar-refractivity contribution in [2.45, 2.75) is 18.9 Å². The molecule has 4 rings (SSSR count). The van der Waals surface area contributed by atoms with Gasteiger partial charge in [-0.3, -0.25) is 14.4 Å². The van der Waals surface area contributed by atoms with E-state index >= 15 is 0 Å². The Labute approximate surface area is 211 Å². The Morgan fingerprint density at radius 1 is 1.17 bits per heavy atom. The Morgan fingerprint density at radius 3 is 2.56 bits per heavy atom. The van der Waals surface area contributed by atoms with E-state index in [0.717, 1.165) is 5.56 Å². The van der Waals surface area contributed by atoms with E-state index < -0.39 is 23.1 Å². The van der Waals surface area contributed by atoms with E-state index in [0.29, 0.717) is 42.1 Å². The Bertz CT molecular complexity index is 1280. The Balaban J connectivity index is 1.93. The fraction of sp³-hybridized carbons (Fsp3) is 0.321. The minimum absolute atomic E-state index is 0.181. The van der Waals surface area contributed by atoms with E-state index in [1.165, 1.54) is 9.80 Å². The maximum Gasteiger partial charge on any atom is 0.296 e. The number of amides is 2. The number of hydrogen-bond acceptors (Lipinski definition) is 6. The van der Waals surface area contributed by atoms with Crippen LogP contribution in [0, 0.1) is 6.92 Å². The molecule has 1 spiro atoms. The molecule has 0 saturated carbocycles. The van der Waals surface area contributed by atoms with Crippen LogP contribution in [0.4, 0.5) is 5.69 Å². The summed E-state index contributed by atoms with van der Waals surface area (Å²) in [7, 11) is 5.45. The van der Waals surface area contributed by atoms with Crippen LogP contribution < -0.4 is 9.64 Å². The topological polar surface area (TPSA) is 90.4 Å². The first-order valence-electron chi connectivity index (χ1n) is 11.8. The van der Waals surface area contributed by atoms with Crippen molar-refractivity contribution in [3.05, 3.63) is 77.4 Å². The first-order chi connectivity index (χ1) is 17.2. The highest BCUT2D eigenvalue weighted by molar-refractivity contribution is 6.50. The van der Waals surface area contributed by atoms with Crippen molar-refractivity contribution in [2.75, 3.05) is 45.7 Å². The van der Waals surface area contributed by atoms with Crippen LogP contribution in [-0.2, 0) is 19.9 Å². The van der Waals surface area contributed by atoms with Gasteiger partial charge in [-0.05, 0) is 63.8 Å². The number of anilines is 1. The molecular formula is C28H31N3O5. The minimum Gasteiger partial charge on any atom is -0.507 e. The maximum absolute atomic E-state index is 14.0. The Morgan fingerprint density at radius 2 is 1.89 bits per heavy atom. The molecule has 0 aromatic heterocycles. The number of fused-ring (bicyclic) bond motifs is 2. The normalized spacial score (nSPS) is 20.5. The highest BCUT2D eigenvalue weighted by Crippen LogP contribution is 2.53. The molecular weight excluding hydrogens is 458 g/mol. The van der Waals surface area contributed by atoms with Crippen LogP contribution in [0.15, 0.2) is 60.7 Å². The van der Waals surface area contributed by atoms with Crippen molar-refractivity contribution in [1.82, 2.24) is 9.80 Å². The van der Waals surface area contributed by atoms with Crippen LogP contribution in [0.5, 0.6) is 5.75 Å². The van der Waals surface area contributed by atoms with Gasteiger partial charge < -0.3 is 24.5 Å². The average molecular weight is 490 g/mol.